The lowest BCUT2D eigenvalue weighted by Gasteiger charge is -1.91. The number of hydrogen-bond donors (Lipinski definition) is 0. The van der Waals surface area contributed by atoms with E-state index in [4.69, 9.17) is 0 Å². The molecule has 0 fully saturated rings. The molecule has 1 unspecified atom stereocenters. The van der Waals surface area contributed by atoms with Crippen molar-refractivity contribution < 1.29 is 4.74 Å². The monoisotopic (exact) mass is 338 g/mol. The predicted octanol–water partition coefficient (Wildman–Crippen LogP) is 3.76. The molecule has 0 N–H and O–H groups in total. The minimum atomic E-state index is 0. The Morgan fingerprint density at radius 3 is 2.13 bits per heavy atom. The summed E-state index contributed by atoms with van der Waals surface area (Å²) in [4.78, 5) is 0. The van der Waals surface area contributed by atoms with Gasteiger partial charge in [0, 0.05) is 13.7 Å². The van der Waals surface area contributed by atoms with Crippen LogP contribution in [0.2, 0.25) is 0 Å². The van der Waals surface area contributed by atoms with Crippen molar-refractivity contribution in [3.63, 3.8) is 0 Å². The largest absolute Gasteiger partial charge is 0.384 e. The van der Waals surface area contributed by atoms with E-state index in [1.807, 2.05) is 6.08 Å². The van der Waals surface area contributed by atoms with Gasteiger partial charge in [0.1, 0.15) is 0 Å². The maximum absolute atomic E-state index is 4.67. The molecule has 1 aromatic rings. The van der Waals surface area contributed by atoms with E-state index in [9.17, 15) is 0 Å². The quantitative estimate of drug-likeness (QED) is 0.602. The van der Waals surface area contributed by atoms with Crippen molar-refractivity contribution in [2.24, 2.45) is 0 Å². The highest BCUT2D eigenvalue weighted by Crippen LogP contribution is 2.02. The summed E-state index contributed by atoms with van der Waals surface area (Å²) in [6.07, 6.45) is 2.88. The van der Waals surface area contributed by atoms with E-state index in [-0.39, 0.29) is 24.0 Å². The summed E-state index contributed by atoms with van der Waals surface area (Å²) in [5, 5.41) is 0. The highest BCUT2D eigenvalue weighted by Gasteiger charge is 1.82. The third-order valence-electron chi connectivity index (χ3n) is 1.64. The Balaban J connectivity index is 0. The average Bonchev–Trinajstić information content (AvgIpc) is 2.21. The summed E-state index contributed by atoms with van der Waals surface area (Å²) in [6.45, 7) is 6.59. The Morgan fingerprint density at radius 1 is 1.33 bits per heavy atom. The molecule has 0 saturated carbocycles. The zero-order valence-corrected chi connectivity index (χ0v) is 12.9. The summed E-state index contributed by atoms with van der Waals surface area (Å²) >= 11 is 0. The van der Waals surface area contributed by atoms with Gasteiger partial charge in [-0.05, 0) is 18.6 Å². The molecule has 1 nitrogen and oxygen atoms in total. The van der Waals surface area contributed by atoms with Crippen LogP contribution >= 0.6 is 33.2 Å². The van der Waals surface area contributed by atoms with Gasteiger partial charge in [0.25, 0.3) is 0 Å². The SMILES string of the molecule is C=Cc1ccc(C)cc1.COCCP.I. The number of halogens is 1. The number of aryl methyl sites for hydroxylation is 1. The molecule has 86 valence electrons. The number of methoxy groups -OCH3 is 1. The molecule has 3 heteroatoms. The number of rotatable bonds is 3. The van der Waals surface area contributed by atoms with Crippen LogP contribution in [-0.2, 0) is 4.74 Å². The third kappa shape index (κ3) is 10.4. The molecule has 0 heterocycles. The van der Waals surface area contributed by atoms with Crippen molar-refractivity contribution in [3.05, 3.63) is 42.0 Å². The Bertz CT molecular complexity index is 244. The van der Waals surface area contributed by atoms with Crippen molar-refractivity contribution in [1.29, 1.82) is 0 Å². The van der Waals surface area contributed by atoms with Gasteiger partial charge in [0.2, 0.25) is 0 Å². The lowest BCUT2D eigenvalue weighted by atomic mass is 10.2. The van der Waals surface area contributed by atoms with Gasteiger partial charge in [0.15, 0.2) is 0 Å². The minimum absolute atomic E-state index is 0. The predicted molar refractivity (Wildman–Crippen MR) is 83.1 cm³/mol. The highest BCUT2D eigenvalue weighted by molar-refractivity contribution is 14.0. The van der Waals surface area contributed by atoms with Crippen LogP contribution in [0.1, 0.15) is 11.1 Å². The fraction of sp³-hybridized carbons (Fsp3) is 0.333. The Kier molecular flexibility index (Phi) is 14.2. The van der Waals surface area contributed by atoms with Crippen LogP contribution in [-0.4, -0.2) is 19.9 Å². The molecule has 15 heavy (non-hydrogen) atoms. The summed E-state index contributed by atoms with van der Waals surface area (Å²) < 4.78 is 4.67. The van der Waals surface area contributed by atoms with Gasteiger partial charge >= 0.3 is 0 Å². The molecule has 0 aromatic heterocycles. The number of benzene rings is 1. The fourth-order valence-corrected chi connectivity index (χ4v) is 1.06. The molecule has 0 aliphatic heterocycles. The Morgan fingerprint density at radius 2 is 1.87 bits per heavy atom. The third-order valence-corrected chi connectivity index (χ3v) is 1.87. The maximum Gasteiger partial charge on any atom is 0.0496 e. The molecule has 0 saturated heterocycles. The van der Waals surface area contributed by atoms with E-state index < -0.39 is 0 Å². The van der Waals surface area contributed by atoms with Crippen LogP contribution in [0.4, 0.5) is 0 Å². The maximum atomic E-state index is 4.67. The molecule has 0 spiro atoms. The van der Waals surface area contributed by atoms with Crippen LogP contribution < -0.4 is 0 Å². The van der Waals surface area contributed by atoms with Gasteiger partial charge in [-0.15, -0.1) is 33.2 Å². The van der Waals surface area contributed by atoms with Gasteiger partial charge in [-0.2, -0.15) is 0 Å². The van der Waals surface area contributed by atoms with Crippen LogP contribution in [0, 0.1) is 6.92 Å². The molecule has 0 radical (unpaired) electrons. The Labute approximate surface area is 113 Å². The molecule has 1 atom stereocenters. The molecule has 0 aliphatic rings. The molecular weight excluding hydrogens is 318 g/mol. The van der Waals surface area contributed by atoms with E-state index in [1.54, 1.807) is 7.11 Å². The van der Waals surface area contributed by atoms with E-state index in [2.05, 4.69) is 51.7 Å². The van der Waals surface area contributed by atoms with Crippen molar-refractivity contribution in [3.8, 4) is 0 Å². The van der Waals surface area contributed by atoms with Crippen molar-refractivity contribution in [2.45, 2.75) is 6.92 Å². The van der Waals surface area contributed by atoms with Crippen molar-refractivity contribution in [1.82, 2.24) is 0 Å². The second-order valence-corrected chi connectivity index (χ2v) is 3.47. The van der Waals surface area contributed by atoms with E-state index >= 15 is 0 Å². The van der Waals surface area contributed by atoms with Crippen LogP contribution in [0.5, 0.6) is 0 Å². The average molecular weight is 338 g/mol. The number of hydrogen-bond acceptors (Lipinski definition) is 1. The van der Waals surface area contributed by atoms with Crippen molar-refractivity contribution >= 4 is 39.3 Å². The van der Waals surface area contributed by atoms with E-state index in [0.29, 0.717) is 0 Å². The minimum Gasteiger partial charge on any atom is -0.384 e. The lowest BCUT2D eigenvalue weighted by Crippen LogP contribution is -1.84. The van der Waals surface area contributed by atoms with Crippen LogP contribution in [0.25, 0.3) is 6.08 Å². The second-order valence-electron chi connectivity index (χ2n) is 2.90. The molecule has 0 bridgehead atoms. The zero-order valence-electron chi connectivity index (χ0n) is 9.40. The molecule has 1 aromatic carbocycles. The lowest BCUT2D eigenvalue weighted by molar-refractivity contribution is 0.218. The van der Waals surface area contributed by atoms with Gasteiger partial charge in [-0.25, -0.2) is 0 Å². The normalized spacial score (nSPS) is 8.20. The van der Waals surface area contributed by atoms with E-state index in [0.717, 1.165) is 12.8 Å². The van der Waals surface area contributed by atoms with Gasteiger partial charge in [-0.3, -0.25) is 0 Å². The summed E-state index contributed by atoms with van der Waals surface area (Å²) in [6, 6.07) is 8.28. The molecular formula is C12H20IOP. The first-order valence-electron chi connectivity index (χ1n) is 4.62. The van der Waals surface area contributed by atoms with Gasteiger partial charge in [0.05, 0.1) is 0 Å². The smallest absolute Gasteiger partial charge is 0.0496 e. The standard InChI is InChI=1S/C9H10.C3H9OP.HI/c1-3-9-6-4-8(2)5-7-9;1-4-2-3-5;/h3-7H,1H2,2H3;2-3,5H2,1H3;1H. The number of ether oxygens (including phenoxy) is 1. The zero-order chi connectivity index (χ0) is 10.8. The first-order valence-corrected chi connectivity index (χ1v) is 5.44. The van der Waals surface area contributed by atoms with E-state index in [1.165, 1.54) is 11.1 Å². The first kappa shape index (κ1) is 17.5. The second kappa shape index (κ2) is 12.2. The summed E-state index contributed by atoms with van der Waals surface area (Å²) in [5.74, 6) is 0. The van der Waals surface area contributed by atoms with Gasteiger partial charge < -0.3 is 4.74 Å². The van der Waals surface area contributed by atoms with Crippen LogP contribution in [0.15, 0.2) is 30.8 Å². The topological polar surface area (TPSA) is 9.23 Å². The van der Waals surface area contributed by atoms with Crippen molar-refractivity contribution in [2.75, 3.05) is 19.9 Å². The highest BCUT2D eigenvalue weighted by atomic mass is 127. The fourth-order valence-electron chi connectivity index (χ4n) is 0.820. The summed E-state index contributed by atoms with van der Waals surface area (Å²) in [5.41, 5.74) is 2.47. The molecule has 0 amide bonds. The molecule has 0 aliphatic carbocycles. The Hall–Kier alpha value is 0.0800. The van der Waals surface area contributed by atoms with Crippen LogP contribution in [0.3, 0.4) is 0 Å². The first-order chi connectivity index (χ1) is 6.74. The van der Waals surface area contributed by atoms with Gasteiger partial charge in [-0.1, -0.05) is 42.5 Å². The molecule has 1 rings (SSSR count). The summed E-state index contributed by atoms with van der Waals surface area (Å²) in [7, 11) is 4.27.